The van der Waals surface area contributed by atoms with Crippen LogP contribution in [0.15, 0.2) is 18.2 Å². The predicted molar refractivity (Wildman–Crippen MR) is 45.8 cm³/mol. The lowest BCUT2D eigenvalue weighted by Crippen LogP contribution is -2.13. The molecule has 1 aromatic rings. The number of benzene rings is 1. The highest BCUT2D eigenvalue weighted by molar-refractivity contribution is 5.45. The summed E-state index contributed by atoms with van der Waals surface area (Å²) in [5.74, 6) is 1.48. The van der Waals surface area contributed by atoms with Crippen LogP contribution in [-0.4, -0.2) is 18.0 Å². The van der Waals surface area contributed by atoms with Gasteiger partial charge < -0.3 is 14.6 Å². The third kappa shape index (κ3) is 0.937. The van der Waals surface area contributed by atoms with Crippen molar-refractivity contribution in [2.75, 3.05) is 6.61 Å². The Labute approximate surface area is 75.9 Å². The molecule has 0 amide bonds. The van der Waals surface area contributed by atoms with Crippen molar-refractivity contribution >= 4 is 0 Å². The number of fused-ring (bicyclic) bond motifs is 3. The Morgan fingerprint density at radius 3 is 3.23 bits per heavy atom. The molecule has 1 fully saturated rings. The van der Waals surface area contributed by atoms with Crippen molar-refractivity contribution in [2.45, 2.75) is 18.6 Å². The highest BCUT2D eigenvalue weighted by Gasteiger charge is 2.39. The molecule has 0 saturated carbocycles. The lowest BCUT2D eigenvalue weighted by atomic mass is 9.99. The fraction of sp³-hybridized carbons (Fsp3) is 0.400. The van der Waals surface area contributed by atoms with Crippen LogP contribution >= 0.6 is 0 Å². The van der Waals surface area contributed by atoms with E-state index in [1.54, 1.807) is 18.2 Å². The van der Waals surface area contributed by atoms with Crippen LogP contribution in [0.3, 0.4) is 0 Å². The minimum Gasteiger partial charge on any atom is -0.508 e. The van der Waals surface area contributed by atoms with Gasteiger partial charge in [-0.05, 0) is 24.6 Å². The standard InChI is InChI=1S/C10H10O3/c11-6-1-2-9-8(5-6)7-3-4-12-10(7)13-9/h1-2,5,7,10-11H,3-4H2/t7-,10-/m1/s1. The normalized spacial score (nSPS) is 29.5. The maximum atomic E-state index is 9.32. The monoisotopic (exact) mass is 178 g/mol. The molecule has 2 atom stereocenters. The lowest BCUT2D eigenvalue weighted by Gasteiger charge is -2.06. The average molecular weight is 178 g/mol. The zero-order chi connectivity index (χ0) is 8.84. The second-order valence-corrected chi connectivity index (χ2v) is 3.47. The van der Waals surface area contributed by atoms with Gasteiger partial charge in [-0.25, -0.2) is 0 Å². The zero-order valence-electron chi connectivity index (χ0n) is 7.06. The SMILES string of the molecule is Oc1ccc2c(c1)[C@H]1CCO[C@@H]1O2. The summed E-state index contributed by atoms with van der Waals surface area (Å²) in [5.41, 5.74) is 1.09. The molecule has 68 valence electrons. The van der Waals surface area contributed by atoms with Gasteiger partial charge in [-0.15, -0.1) is 0 Å². The first-order valence-corrected chi connectivity index (χ1v) is 4.46. The molecule has 0 aromatic heterocycles. The number of rotatable bonds is 0. The molecule has 0 spiro atoms. The molecule has 2 aliphatic heterocycles. The molecule has 0 radical (unpaired) electrons. The first-order chi connectivity index (χ1) is 6.34. The van der Waals surface area contributed by atoms with Gasteiger partial charge in [-0.2, -0.15) is 0 Å². The Balaban J connectivity index is 2.09. The van der Waals surface area contributed by atoms with Crippen molar-refractivity contribution in [1.82, 2.24) is 0 Å². The summed E-state index contributed by atoms with van der Waals surface area (Å²) in [5, 5.41) is 9.32. The van der Waals surface area contributed by atoms with Crippen molar-refractivity contribution < 1.29 is 14.6 Å². The van der Waals surface area contributed by atoms with Gasteiger partial charge >= 0.3 is 0 Å². The fourth-order valence-corrected chi connectivity index (χ4v) is 2.04. The van der Waals surface area contributed by atoms with Gasteiger partial charge in [0.05, 0.1) is 12.5 Å². The van der Waals surface area contributed by atoms with E-state index in [1.165, 1.54) is 0 Å². The number of phenols is 1. The summed E-state index contributed by atoms with van der Waals surface area (Å²) in [6.07, 6.45) is 0.873. The van der Waals surface area contributed by atoms with Crippen LogP contribution in [0.2, 0.25) is 0 Å². The molecule has 3 heteroatoms. The predicted octanol–water partition coefficient (Wildman–Crippen LogP) is 1.61. The third-order valence-electron chi connectivity index (χ3n) is 2.68. The quantitative estimate of drug-likeness (QED) is 0.656. The number of ether oxygens (including phenoxy) is 2. The van der Waals surface area contributed by atoms with E-state index in [2.05, 4.69) is 0 Å². The Morgan fingerprint density at radius 1 is 1.38 bits per heavy atom. The molecule has 1 N–H and O–H groups in total. The van der Waals surface area contributed by atoms with Crippen LogP contribution < -0.4 is 4.74 Å². The lowest BCUT2D eigenvalue weighted by molar-refractivity contribution is -0.0337. The van der Waals surface area contributed by atoms with E-state index in [-0.39, 0.29) is 6.29 Å². The average Bonchev–Trinajstić information content (AvgIpc) is 2.64. The van der Waals surface area contributed by atoms with Crippen LogP contribution in [-0.2, 0) is 4.74 Å². The van der Waals surface area contributed by atoms with Gasteiger partial charge in [0, 0.05) is 5.56 Å². The molecule has 0 aliphatic carbocycles. The van der Waals surface area contributed by atoms with E-state index in [0.29, 0.717) is 11.7 Å². The smallest absolute Gasteiger partial charge is 0.206 e. The van der Waals surface area contributed by atoms with E-state index in [4.69, 9.17) is 9.47 Å². The van der Waals surface area contributed by atoms with Crippen LogP contribution in [0, 0.1) is 0 Å². The first-order valence-electron chi connectivity index (χ1n) is 4.46. The molecule has 0 unspecified atom stereocenters. The first kappa shape index (κ1) is 7.21. The minimum atomic E-state index is -0.114. The van der Waals surface area contributed by atoms with E-state index in [9.17, 15) is 5.11 Å². The fourth-order valence-electron chi connectivity index (χ4n) is 2.04. The van der Waals surface area contributed by atoms with Crippen LogP contribution in [0.5, 0.6) is 11.5 Å². The Kier molecular flexibility index (Phi) is 1.32. The van der Waals surface area contributed by atoms with Gasteiger partial charge in [-0.1, -0.05) is 0 Å². The van der Waals surface area contributed by atoms with Crippen LogP contribution in [0.4, 0.5) is 0 Å². The molecule has 3 rings (SSSR count). The van der Waals surface area contributed by atoms with E-state index in [0.717, 1.165) is 24.3 Å². The van der Waals surface area contributed by atoms with E-state index < -0.39 is 0 Å². The van der Waals surface area contributed by atoms with Gasteiger partial charge in [0.25, 0.3) is 0 Å². The summed E-state index contributed by atoms with van der Waals surface area (Å²) in [6.45, 7) is 0.754. The molecule has 0 bridgehead atoms. The van der Waals surface area contributed by atoms with Crippen molar-refractivity contribution in [3.8, 4) is 11.5 Å². The number of hydrogen-bond donors (Lipinski definition) is 1. The van der Waals surface area contributed by atoms with Crippen LogP contribution in [0.1, 0.15) is 17.9 Å². The van der Waals surface area contributed by atoms with Gasteiger partial charge in [0.1, 0.15) is 11.5 Å². The van der Waals surface area contributed by atoms with Crippen molar-refractivity contribution in [3.63, 3.8) is 0 Å². The molecule has 3 nitrogen and oxygen atoms in total. The van der Waals surface area contributed by atoms with Gasteiger partial charge in [0.15, 0.2) is 0 Å². The van der Waals surface area contributed by atoms with Crippen molar-refractivity contribution in [1.29, 1.82) is 0 Å². The highest BCUT2D eigenvalue weighted by atomic mass is 16.7. The Bertz CT molecular complexity index is 348. The van der Waals surface area contributed by atoms with Crippen molar-refractivity contribution in [2.24, 2.45) is 0 Å². The molecule has 13 heavy (non-hydrogen) atoms. The maximum Gasteiger partial charge on any atom is 0.206 e. The molecule has 2 aliphatic rings. The van der Waals surface area contributed by atoms with E-state index in [1.807, 2.05) is 0 Å². The van der Waals surface area contributed by atoms with Crippen LogP contribution in [0.25, 0.3) is 0 Å². The summed E-state index contributed by atoms with van der Waals surface area (Å²) in [4.78, 5) is 0. The second kappa shape index (κ2) is 2.39. The molecular weight excluding hydrogens is 168 g/mol. The minimum absolute atomic E-state index is 0.114. The Morgan fingerprint density at radius 2 is 2.31 bits per heavy atom. The zero-order valence-corrected chi connectivity index (χ0v) is 7.06. The number of hydrogen-bond acceptors (Lipinski definition) is 3. The van der Waals surface area contributed by atoms with Crippen molar-refractivity contribution in [3.05, 3.63) is 23.8 Å². The van der Waals surface area contributed by atoms with Gasteiger partial charge in [0.2, 0.25) is 6.29 Å². The topological polar surface area (TPSA) is 38.7 Å². The summed E-state index contributed by atoms with van der Waals surface area (Å²) in [7, 11) is 0. The number of phenolic OH excluding ortho intramolecular Hbond substituents is 1. The number of aromatic hydroxyl groups is 1. The molecule has 1 saturated heterocycles. The summed E-state index contributed by atoms with van der Waals surface area (Å²) < 4.78 is 10.9. The highest BCUT2D eigenvalue weighted by Crippen LogP contribution is 2.44. The molecular formula is C10H10O3. The van der Waals surface area contributed by atoms with E-state index >= 15 is 0 Å². The molecule has 2 heterocycles. The summed E-state index contributed by atoms with van der Waals surface area (Å²) >= 11 is 0. The van der Waals surface area contributed by atoms with Gasteiger partial charge in [-0.3, -0.25) is 0 Å². The maximum absolute atomic E-state index is 9.32. The largest absolute Gasteiger partial charge is 0.508 e. The molecule has 1 aromatic carbocycles. The Hall–Kier alpha value is -1.22. The second-order valence-electron chi connectivity index (χ2n) is 3.47. The summed E-state index contributed by atoms with van der Waals surface area (Å²) in [6, 6.07) is 5.21. The third-order valence-corrected chi connectivity index (χ3v) is 2.68.